The number of amides is 1. The Morgan fingerprint density at radius 2 is 1.88 bits per heavy atom. The van der Waals surface area contributed by atoms with Crippen LogP contribution in [-0.2, 0) is 4.74 Å². The number of aromatic hydroxyl groups is 1. The van der Waals surface area contributed by atoms with Crippen LogP contribution in [0.25, 0.3) is 16.6 Å². The maximum atomic E-state index is 12.9. The van der Waals surface area contributed by atoms with Crippen molar-refractivity contribution in [2.75, 3.05) is 26.2 Å². The highest BCUT2D eigenvalue weighted by Crippen LogP contribution is 2.29. The van der Waals surface area contributed by atoms with Crippen molar-refractivity contribution in [3.05, 3.63) is 39.5 Å². The highest BCUT2D eigenvalue weighted by atomic mass is 79.9. The summed E-state index contributed by atoms with van der Waals surface area (Å²) < 4.78 is 7.03. The smallest absolute Gasteiger partial charge is 0.410 e. The molecule has 0 unspecified atom stereocenters. The monoisotopic (exact) mass is 506 g/mol. The van der Waals surface area contributed by atoms with Gasteiger partial charge >= 0.3 is 6.09 Å². The van der Waals surface area contributed by atoms with E-state index in [1.165, 1.54) is 23.2 Å². The molecule has 0 aliphatic carbocycles. The second-order valence-corrected chi connectivity index (χ2v) is 9.22. The summed E-state index contributed by atoms with van der Waals surface area (Å²) in [5.41, 5.74) is 6.22. The molecule has 3 rings (SSSR count). The molecule has 32 heavy (non-hydrogen) atoms. The molecule has 1 aromatic carbocycles. The number of aliphatic imine (C=N–C) groups is 1. The molecular weight excluding hydrogens is 480 g/mol. The second kappa shape index (κ2) is 9.19. The summed E-state index contributed by atoms with van der Waals surface area (Å²) in [6.07, 6.45) is 2.55. The number of rotatable bonds is 2. The van der Waals surface area contributed by atoms with Crippen molar-refractivity contribution in [3.8, 4) is 5.75 Å². The van der Waals surface area contributed by atoms with Gasteiger partial charge < -0.3 is 25.4 Å². The summed E-state index contributed by atoms with van der Waals surface area (Å²) in [7, 11) is 0. The first-order valence-electron chi connectivity index (χ1n) is 10.1. The van der Waals surface area contributed by atoms with Gasteiger partial charge in [-0.15, -0.1) is 0 Å². The van der Waals surface area contributed by atoms with Crippen molar-refractivity contribution in [2.24, 2.45) is 10.7 Å². The molecule has 0 atom stereocenters. The Balaban J connectivity index is 1.73. The van der Waals surface area contributed by atoms with E-state index in [2.05, 4.69) is 25.9 Å². The number of benzene rings is 1. The normalized spacial score (nSPS) is 15.9. The molecule has 10 nitrogen and oxygen atoms in total. The van der Waals surface area contributed by atoms with Crippen LogP contribution in [-0.4, -0.2) is 68.3 Å². The molecule has 0 bridgehead atoms. The van der Waals surface area contributed by atoms with E-state index in [9.17, 15) is 14.7 Å². The molecule has 1 saturated heterocycles. The molecule has 1 amide bonds. The van der Waals surface area contributed by atoms with Crippen LogP contribution in [0.15, 0.2) is 38.9 Å². The average molecular weight is 507 g/mol. The van der Waals surface area contributed by atoms with E-state index >= 15 is 0 Å². The van der Waals surface area contributed by atoms with Crippen LogP contribution in [0.3, 0.4) is 0 Å². The molecule has 0 radical (unpaired) electrons. The molecule has 1 fully saturated rings. The second-order valence-electron chi connectivity index (χ2n) is 8.42. The standard InChI is InChI=1S/C21H27BrN6O4/c1-13(28-12-25-14-5-6-15(29)17(22)16(14)18(28)30)11-24-19(23)26-7-9-27(10-8-26)20(31)32-21(2,3)4/h5-6,11-12,29H,7-10H2,1-4H3,(H2,23,24)/b13-11+. The molecule has 3 N–H and O–H groups in total. The van der Waals surface area contributed by atoms with Gasteiger partial charge in [0.1, 0.15) is 17.7 Å². The Kier molecular flexibility index (Phi) is 6.77. The molecule has 172 valence electrons. The molecule has 11 heteroatoms. The number of allylic oxidation sites excluding steroid dienone is 1. The first-order chi connectivity index (χ1) is 15.0. The van der Waals surface area contributed by atoms with Crippen LogP contribution < -0.4 is 11.3 Å². The van der Waals surface area contributed by atoms with Gasteiger partial charge in [-0.05, 0) is 55.8 Å². The van der Waals surface area contributed by atoms with Gasteiger partial charge in [0.25, 0.3) is 5.56 Å². The SMILES string of the molecule is C/C(=C\N=C(N)N1CCN(C(=O)OC(C)(C)C)CC1)n1cnc2ccc(O)c(Br)c2c1=O. The van der Waals surface area contributed by atoms with E-state index in [0.717, 1.165) is 0 Å². The number of carbonyl (C=O) groups excluding carboxylic acids is 1. The summed E-state index contributed by atoms with van der Waals surface area (Å²) in [6.45, 7) is 9.19. The van der Waals surface area contributed by atoms with Crippen molar-refractivity contribution >= 4 is 44.6 Å². The maximum Gasteiger partial charge on any atom is 0.410 e. The number of fused-ring (bicyclic) bond motifs is 1. The molecule has 2 heterocycles. The lowest BCUT2D eigenvalue weighted by Gasteiger charge is -2.35. The van der Waals surface area contributed by atoms with Crippen molar-refractivity contribution < 1.29 is 14.6 Å². The summed E-state index contributed by atoms with van der Waals surface area (Å²) >= 11 is 3.25. The van der Waals surface area contributed by atoms with Crippen molar-refractivity contribution in [1.82, 2.24) is 19.4 Å². The van der Waals surface area contributed by atoms with Crippen molar-refractivity contribution in [2.45, 2.75) is 33.3 Å². The number of hydrogen-bond acceptors (Lipinski definition) is 6. The molecule has 1 aliphatic heterocycles. The first-order valence-corrected chi connectivity index (χ1v) is 10.9. The van der Waals surface area contributed by atoms with Crippen LogP contribution in [0, 0.1) is 0 Å². The predicted molar refractivity (Wildman–Crippen MR) is 126 cm³/mol. The number of phenolic OH excluding ortho intramolecular Hbond substituents is 1. The third-order valence-electron chi connectivity index (χ3n) is 4.86. The number of phenols is 1. The Hall–Kier alpha value is -3.08. The van der Waals surface area contributed by atoms with E-state index in [-0.39, 0.29) is 28.7 Å². The summed E-state index contributed by atoms with van der Waals surface area (Å²) in [5.74, 6) is 0.248. The molecule has 1 aliphatic rings. The Labute approximate surface area is 194 Å². The van der Waals surface area contributed by atoms with Gasteiger partial charge in [-0.3, -0.25) is 9.36 Å². The van der Waals surface area contributed by atoms with E-state index in [1.807, 2.05) is 25.7 Å². The number of aromatic nitrogens is 2. The highest BCUT2D eigenvalue weighted by molar-refractivity contribution is 9.10. The predicted octanol–water partition coefficient (Wildman–Crippen LogP) is 2.55. The number of halogens is 1. The summed E-state index contributed by atoms with van der Waals surface area (Å²) in [6, 6.07) is 3.05. The van der Waals surface area contributed by atoms with E-state index in [0.29, 0.717) is 41.9 Å². The number of guanidine groups is 1. The van der Waals surface area contributed by atoms with E-state index in [4.69, 9.17) is 10.5 Å². The molecule has 0 saturated carbocycles. The summed E-state index contributed by atoms with van der Waals surface area (Å²) in [4.78, 5) is 37.1. The third kappa shape index (κ3) is 5.21. The van der Waals surface area contributed by atoms with Crippen LogP contribution in [0.4, 0.5) is 4.79 Å². The average Bonchev–Trinajstić information content (AvgIpc) is 2.73. The van der Waals surface area contributed by atoms with Crippen LogP contribution in [0.1, 0.15) is 27.7 Å². The van der Waals surface area contributed by atoms with Gasteiger partial charge in [-0.2, -0.15) is 0 Å². The lowest BCUT2D eigenvalue weighted by Crippen LogP contribution is -2.53. The fraction of sp³-hybridized carbons (Fsp3) is 0.429. The fourth-order valence-electron chi connectivity index (χ4n) is 3.16. The van der Waals surface area contributed by atoms with Crippen LogP contribution in [0.2, 0.25) is 0 Å². The first kappa shape index (κ1) is 23.6. The maximum absolute atomic E-state index is 12.9. The number of nitrogens with zero attached hydrogens (tertiary/aromatic N) is 5. The number of hydrogen-bond donors (Lipinski definition) is 2. The van der Waals surface area contributed by atoms with Crippen LogP contribution in [0.5, 0.6) is 5.75 Å². The zero-order valence-corrected chi connectivity index (χ0v) is 20.1. The van der Waals surface area contributed by atoms with E-state index < -0.39 is 5.60 Å². The minimum absolute atomic E-state index is 0.0384. The molecule has 2 aromatic rings. The molecule has 0 spiro atoms. The van der Waals surface area contributed by atoms with Gasteiger partial charge in [-0.25, -0.2) is 14.8 Å². The van der Waals surface area contributed by atoms with Gasteiger partial charge in [0.15, 0.2) is 5.96 Å². The minimum atomic E-state index is -0.541. The number of carbonyl (C=O) groups is 1. The fourth-order valence-corrected chi connectivity index (χ4v) is 3.66. The van der Waals surface area contributed by atoms with Crippen molar-refractivity contribution in [1.29, 1.82) is 0 Å². The number of nitrogens with two attached hydrogens (primary N) is 1. The summed E-state index contributed by atoms with van der Waals surface area (Å²) in [5, 5.41) is 10.2. The van der Waals surface area contributed by atoms with Gasteiger partial charge in [-0.1, -0.05) is 0 Å². The molecular formula is C21H27BrN6O4. The lowest BCUT2D eigenvalue weighted by molar-refractivity contribution is 0.0186. The lowest BCUT2D eigenvalue weighted by atomic mass is 10.2. The Bertz CT molecular complexity index is 1140. The molecule has 1 aromatic heterocycles. The quantitative estimate of drug-likeness (QED) is 0.473. The van der Waals surface area contributed by atoms with Crippen LogP contribution >= 0.6 is 15.9 Å². The van der Waals surface area contributed by atoms with Gasteiger partial charge in [0, 0.05) is 31.9 Å². The highest BCUT2D eigenvalue weighted by Gasteiger charge is 2.26. The zero-order chi connectivity index (χ0) is 23.6. The van der Waals surface area contributed by atoms with Gasteiger partial charge in [0.2, 0.25) is 0 Å². The number of piperazine rings is 1. The topological polar surface area (TPSA) is 126 Å². The third-order valence-corrected chi connectivity index (χ3v) is 5.67. The van der Waals surface area contributed by atoms with E-state index in [1.54, 1.807) is 17.9 Å². The number of ether oxygens (including phenoxy) is 1. The largest absolute Gasteiger partial charge is 0.507 e. The Morgan fingerprint density at radius 3 is 2.50 bits per heavy atom. The van der Waals surface area contributed by atoms with Crippen molar-refractivity contribution in [3.63, 3.8) is 0 Å². The minimum Gasteiger partial charge on any atom is -0.507 e. The Morgan fingerprint density at radius 1 is 1.25 bits per heavy atom. The zero-order valence-electron chi connectivity index (χ0n) is 18.5. The van der Waals surface area contributed by atoms with Gasteiger partial charge in [0.05, 0.1) is 21.6 Å².